The first-order valence-electron chi connectivity index (χ1n) is 13.8. The van der Waals surface area contributed by atoms with Crippen LogP contribution in [0.4, 0.5) is 5.82 Å². The zero-order valence-electron chi connectivity index (χ0n) is 24.3. The lowest BCUT2D eigenvalue weighted by molar-refractivity contribution is 0.0817. The number of aromatic nitrogens is 4. The Morgan fingerprint density at radius 1 is 1.08 bits per heavy atom. The standard InChI is InChI=1S/C28H53N5OP2/c1-10-21(3)14-24(11-2)15-22(4)17-35(7)20-36(8,9)13-12-25(34-6)16-23(5)33-19-32-26-27(29)30-18-31-28(26)33/h18-19,21-25H,8,10-17,20H2,1-7,9H3,(H2,29,30,31). The van der Waals surface area contributed by atoms with Gasteiger partial charge in [0.05, 0.1) is 12.4 Å². The van der Waals surface area contributed by atoms with Crippen molar-refractivity contribution < 1.29 is 4.74 Å². The zero-order chi connectivity index (χ0) is 26.9. The van der Waals surface area contributed by atoms with Crippen LogP contribution in [0.3, 0.4) is 0 Å². The van der Waals surface area contributed by atoms with Gasteiger partial charge >= 0.3 is 0 Å². The topological polar surface area (TPSA) is 78.9 Å². The Morgan fingerprint density at radius 3 is 2.42 bits per heavy atom. The Morgan fingerprint density at radius 2 is 1.78 bits per heavy atom. The molecular weight excluding hydrogens is 484 g/mol. The van der Waals surface area contributed by atoms with E-state index in [1.165, 1.54) is 50.2 Å². The van der Waals surface area contributed by atoms with Gasteiger partial charge in [-0.3, -0.25) is 0 Å². The highest BCUT2D eigenvalue weighted by atomic mass is 31.2. The van der Waals surface area contributed by atoms with Crippen LogP contribution in [-0.4, -0.2) is 70.6 Å². The Hall–Kier alpha value is -0.960. The maximum Gasteiger partial charge on any atom is 0.165 e. The van der Waals surface area contributed by atoms with E-state index >= 15 is 0 Å². The number of anilines is 1. The minimum absolute atomic E-state index is 0.0355. The van der Waals surface area contributed by atoms with Gasteiger partial charge in [0.1, 0.15) is 11.8 Å². The van der Waals surface area contributed by atoms with Gasteiger partial charge in [0.15, 0.2) is 11.5 Å². The summed E-state index contributed by atoms with van der Waals surface area (Å²) in [5.41, 5.74) is 7.43. The molecule has 2 aromatic rings. The molecule has 2 rings (SSSR count). The van der Waals surface area contributed by atoms with Crippen molar-refractivity contribution in [3.8, 4) is 0 Å². The molecule has 0 fully saturated rings. The van der Waals surface area contributed by atoms with Crippen molar-refractivity contribution in [1.29, 1.82) is 0 Å². The number of hydrogen-bond donors (Lipinski definition) is 1. The summed E-state index contributed by atoms with van der Waals surface area (Å²) in [4.78, 5) is 12.9. The Labute approximate surface area is 222 Å². The first-order valence-corrected chi connectivity index (χ1v) is 18.8. The molecule has 0 amide bonds. The lowest BCUT2D eigenvalue weighted by Crippen LogP contribution is -2.19. The highest BCUT2D eigenvalue weighted by molar-refractivity contribution is 7.83. The maximum atomic E-state index is 5.96. The summed E-state index contributed by atoms with van der Waals surface area (Å²) in [5, 5.41) is 0. The minimum Gasteiger partial charge on any atom is -0.382 e. The van der Waals surface area contributed by atoms with Crippen molar-refractivity contribution in [2.45, 2.75) is 85.3 Å². The van der Waals surface area contributed by atoms with Gasteiger partial charge in [-0.25, -0.2) is 15.0 Å². The van der Waals surface area contributed by atoms with Crippen molar-refractivity contribution >= 4 is 38.1 Å². The predicted molar refractivity (Wildman–Crippen MR) is 164 cm³/mol. The second-order valence-corrected chi connectivity index (χ2v) is 18.6. The van der Waals surface area contributed by atoms with Crippen LogP contribution in [0, 0.1) is 17.8 Å². The summed E-state index contributed by atoms with van der Waals surface area (Å²) in [5.74, 6) is 4.33. The fourth-order valence-corrected chi connectivity index (χ4v) is 13.3. The zero-order valence-corrected chi connectivity index (χ0v) is 26.1. The van der Waals surface area contributed by atoms with Crippen molar-refractivity contribution in [3.63, 3.8) is 0 Å². The highest BCUT2D eigenvalue weighted by Gasteiger charge is 2.22. The molecule has 0 bridgehead atoms. The second kappa shape index (κ2) is 14.8. The number of methoxy groups -OCH3 is 1. The summed E-state index contributed by atoms with van der Waals surface area (Å²) in [7, 11) is 1.87. The third-order valence-corrected chi connectivity index (χ3v) is 15.0. The van der Waals surface area contributed by atoms with E-state index in [0.29, 0.717) is 11.3 Å². The van der Waals surface area contributed by atoms with Gasteiger partial charge in [0.25, 0.3) is 0 Å². The molecule has 0 aliphatic rings. The average Bonchev–Trinajstić information content (AvgIpc) is 3.26. The van der Waals surface area contributed by atoms with Crippen LogP contribution in [0.5, 0.6) is 0 Å². The van der Waals surface area contributed by atoms with Crippen molar-refractivity contribution in [2.75, 3.05) is 44.4 Å². The normalized spacial score (nSPS) is 18.9. The molecule has 8 heteroatoms. The Bertz CT molecular complexity index is 965. The van der Waals surface area contributed by atoms with Gasteiger partial charge in [0.2, 0.25) is 0 Å². The van der Waals surface area contributed by atoms with Crippen molar-refractivity contribution in [1.82, 2.24) is 19.5 Å². The Kier molecular flexibility index (Phi) is 12.9. The fraction of sp³-hybridized carbons (Fsp3) is 0.786. The molecule has 0 aromatic carbocycles. The monoisotopic (exact) mass is 537 g/mol. The van der Waals surface area contributed by atoms with E-state index in [-0.39, 0.29) is 20.1 Å². The number of ether oxygens (including phenoxy) is 1. The molecule has 0 spiro atoms. The van der Waals surface area contributed by atoms with Gasteiger partial charge in [-0.15, -0.1) is 21.1 Å². The average molecular weight is 538 g/mol. The van der Waals surface area contributed by atoms with Crippen molar-refractivity contribution in [3.05, 3.63) is 12.7 Å². The van der Waals surface area contributed by atoms with E-state index in [2.05, 4.69) is 67.5 Å². The number of nitrogens with two attached hydrogens (primary N) is 1. The summed E-state index contributed by atoms with van der Waals surface area (Å²) in [6.45, 7) is 15.6. The molecule has 206 valence electrons. The molecule has 7 atom stereocenters. The lowest BCUT2D eigenvalue weighted by atomic mass is 9.86. The molecule has 7 unspecified atom stereocenters. The SMILES string of the molecule is C=P(C)(CCC(CC(C)n1cnc2c(N)ncnc21)OC)CP(C)CC(C)CC(CC)CC(C)CC. The molecule has 2 heterocycles. The minimum atomic E-state index is -1.20. The van der Waals surface area contributed by atoms with Gasteiger partial charge < -0.3 is 15.0 Å². The summed E-state index contributed by atoms with van der Waals surface area (Å²) >= 11 is 0. The lowest BCUT2D eigenvalue weighted by Gasteiger charge is -2.29. The van der Waals surface area contributed by atoms with Crippen molar-refractivity contribution in [2.24, 2.45) is 17.8 Å². The number of hydrogen-bond acceptors (Lipinski definition) is 5. The van der Waals surface area contributed by atoms with E-state index in [4.69, 9.17) is 16.8 Å². The predicted octanol–water partition coefficient (Wildman–Crippen LogP) is 7.40. The molecule has 2 aromatic heterocycles. The fourth-order valence-electron chi connectivity index (χ4n) is 5.53. The molecule has 0 saturated carbocycles. The molecule has 0 saturated heterocycles. The number of nitrogen functional groups attached to an aromatic ring is 1. The summed E-state index contributed by atoms with van der Waals surface area (Å²) < 4.78 is 8.01. The van der Waals surface area contributed by atoms with Gasteiger partial charge in [-0.05, 0) is 81.9 Å². The van der Waals surface area contributed by atoms with Crippen LogP contribution in [-0.2, 0) is 4.74 Å². The van der Waals surface area contributed by atoms with Crippen LogP contribution in [0.15, 0.2) is 12.7 Å². The maximum absolute atomic E-state index is 5.96. The third-order valence-electron chi connectivity index (χ3n) is 7.74. The number of nitrogens with zero attached hydrogens (tertiary/aromatic N) is 4. The Balaban J connectivity index is 1.85. The van der Waals surface area contributed by atoms with Crippen LogP contribution >= 0.6 is 14.8 Å². The van der Waals surface area contributed by atoms with Crippen LogP contribution < -0.4 is 5.73 Å². The number of rotatable bonds is 17. The molecule has 2 N–H and O–H groups in total. The number of imidazole rings is 1. The van der Waals surface area contributed by atoms with E-state index < -0.39 is 6.89 Å². The van der Waals surface area contributed by atoms with Gasteiger partial charge in [0, 0.05) is 13.2 Å². The van der Waals surface area contributed by atoms with Gasteiger partial charge in [-0.1, -0.05) is 40.5 Å². The van der Waals surface area contributed by atoms with Crippen LogP contribution in [0.1, 0.15) is 79.2 Å². The molecule has 0 aliphatic heterocycles. The molecule has 0 aliphatic carbocycles. The first kappa shape index (κ1) is 31.3. The molecule has 0 radical (unpaired) electrons. The molecular formula is C28H53N5OP2. The third kappa shape index (κ3) is 9.73. The number of fused-ring (bicyclic) bond motifs is 1. The smallest absolute Gasteiger partial charge is 0.165 e. The largest absolute Gasteiger partial charge is 0.382 e. The molecule has 6 nitrogen and oxygen atoms in total. The highest BCUT2D eigenvalue weighted by Crippen LogP contribution is 2.54. The van der Waals surface area contributed by atoms with Gasteiger partial charge in [-0.2, -0.15) is 0 Å². The second-order valence-electron chi connectivity index (χ2n) is 11.7. The van der Waals surface area contributed by atoms with E-state index in [9.17, 15) is 0 Å². The van der Waals surface area contributed by atoms with E-state index in [1.54, 1.807) is 0 Å². The van der Waals surface area contributed by atoms with E-state index in [0.717, 1.165) is 36.2 Å². The quantitative estimate of drug-likeness (QED) is 0.213. The van der Waals surface area contributed by atoms with Crippen LogP contribution in [0.2, 0.25) is 0 Å². The molecule has 36 heavy (non-hydrogen) atoms. The summed E-state index contributed by atoms with van der Waals surface area (Å²) in [6.07, 6.45) is 18.2. The van der Waals surface area contributed by atoms with Crippen LogP contribution in [0.25, 0.3) is 11.2 Å². The summed E-state index contributed by atoms with van der Waals surface area (Å²) in [6, 6.07) is 0.217. The first-order chi connectivity index (χ1) is 17.0. The van der Waals surface area contributed by atoms with E-state index in [1.807, 2.05) is 13.4 Å².